The fraction of sp³-hybridized carbons (Fsp3) is 0.250. The van der Waals surface area contributed by atoms with E-state index >= 15 is 0 Å². The summed E-state index contributed by atoms with van der Waals surface area (Å²) in [6.45, 7) is 0.188. The van der Waals surface area contributed by atoms with Gasteiger partial charge in [0, 0.05) is 16.6 Å². The summed E-state index contributed by atoms with van der Waals surface area (Å²) < 4.78 is 19.3. The van der Waals surface area contributed by atoms with E-state index in [9.17, 15) is 4.39 Å². The van der Waals surface area contributed by atoms with Crippen molar-refractivity contribution in [2.75, 3.05) is 0 Å². The molecule has 0 saturated carbocycles. The van der Waals surface area contributed by atoms with Crippen molar-refractivity contribution in [1.29, 1.82) is 0 Å². The molecule has 4 heteroatoms. The lowest BCUT2D eigenvalue weighted by molar-refractivity contribution is 0.299. The van der Waals surface area contributed by atoms with Gasteiger partial charge in [0.2, 0.25) is 0 Å². The molecule has 20 heavy (non-hydrogen) atoms. The molecule has 0 saturated heterocycles. The minimum Gasteiger partial charge on any atom is -0.489 e. The molecule has 0 aromatic heterocycles. The highest BCUT2D eigenvalue weighted by Gasteiger charge is 2.19. The van der Waals surface area contributed by atoms with Crippen molar-refractivity contribution in [2.24, 2.45) is 5.73 Å². The average Bonchev–Trinajstić information content (AvgIpc) is 2.79. The second kappa shape index (κ2) is 5.43. The van der Waals surface area contributed by atoms with Crippen molar-refractivity contribution in [3.63, 3.8) is 0 Å². The van der Waals surface area contributed by atoms with E-state index in [0.717, 1.165) is 18.6 Å². The number of rotatable bonds is 3. The summed E-state index contributed by atoms with van der Waals surface area (Å²) in [5, 5.41) is 0.387. The fourth-order valence-electron chi connectivity index (χ4n) is 2.52. The van der Waals surface area contributed by atoms with Crippen LogP contribution in [0, 0.1) is 5.82 Å². The Morgan fingerprint density at radius 1 is 1.25 bits per heavy atom. The second-order valence-corrected chi connectivity index (χ2v) is 5.47. The summed E-state index contributed by atoms with van der Waals surface area (Å²) in [5.41, 5.74) is 8.90. The van der Waals surface area contributed by atoms with E-state index in [-0.39, 0.29) is 18.5 Å². The average molecular weight is 292 g/mol. The largest absolute Gasteiger partial charge is 0.489 e. The van der Waals surface area contributed by atoms with Gasteiger partial charge in [-0.2, -0.15) is 0 Å². The Labute approximate surface area is 122 Å². The predicted octanol–water partition coefficient (Wildman–Crippen LogP) is 4.00. The van der Waals surface area contributed by atoms with Gasteiger partial charge in [0.1, 0.15) is 18.2 Å². The first-order valence-electron chi connectivity index (χ1n) is 6.58. The van der Waals surface area contributed by atoms with Crippen molar-refractivity contribution >= 4 is 11.6 Å². The zero-order chi connectivity index (χ0) is 14.1. The van der Waals surface area contributed by atoms with Crippen LogP contribution in [0.1, 0.15) is 29.2 Å². The number of ether oxygens (including phenoxy) is 1. The molecule has 2 nitrogen and oxygen atoms in total. The molecule has 1 aliphatic rings. The quantitative estimate of drug-likeness (QED) is 0.927. The summed E-state index contributed by atoms with van der Waals surface area (Å²) in [7, 11) is 0. The molecule has 1 aliphatic carbocycles. The number of hydrogen-bond acceptors (Lipinski definition) is 2. The molecule has 0 aliphatic heterocycles. The zero-order valence-electron chi connectivity index (χ0n) is 10.9. The Balaban J connectivity index is 1.73. The van der Waals surface area contributed by atoms with Crippen LogP contribution in [-0.4, -0.2) is 0 Å². The lowest BCUT2D eigenvalue weighted by Gasteiger charge is -2.10. The van der Waals surface area contributed by atoms with Gasteiger partial charge in [0.05, 0.1) is 0 Å². The maximum Gasteiger partial charge on any atom is 0.131 e. The van der Waals surface area contributed by atoms with E-state index in [1.54, 1.807) is 12.1 Å². The molecule has 0 heterocycles. The summed E-state index contributed by atoms with van der Waals surface area (Å²) in [6, 6.07) is 10.6. The van der Waals surface area contributed by atoms with Gasteiger partial charge in [0.15, 0.2) is 0 Å². The standard InChI is InChI=1S/C16H15ClFNO/c17-12-3-1-11(15(18)8-12)9-20-13-4-5-14-10(7-13)2-6-16(14)19/h1,3-5,7-8,16H,2,6,9,19H2/t16-/m0/s1. The van der Waals surface area contributed by atoms with Gasteiger partial charge < -0.3 is 10.5 Å². The van der Waals surface area contributed by atoms with E-state index in [0.29, 0.717) is 10.6 Å². The Morgan fingerprint density at radius 3 is 2.90 bits per heavy atom. The Kier molecular flexibility index (Phi) is 3.64. The second-order valence-electron chi connectivity index (χ2n) is 5.03. The maximum atomic E-state index is 13.6. The third-order valence-corrected chi connectivity index (χ3v) is 3.88. The molecule has 2 N–H and O–H groups in total. The van der Waals surface area contributed by atoms with Gasteiger partial charge in [-0.05, 0) is 48.2 Å². The van der Waals surface area contributed by atoms with Gasteiger partial charge in [-0.15, -0.1) is 0 Å². The first-order valence-corrected chi connectivity index (χ1v) is 6.96. The van der Waals surface area contributed by atoms with Gasteiger partial charge in [-0.25, -0.2) is 4.39 Å². The third-order valence-electron chi connectivity index (χ3n) is 3.65. The smallest absolute Gasteiger partial charge is 0.131 e. The lowest BCUT2D eigenvalue weighted by Crippen LogP contribution is -2.05. The van der Waals surface area contributed by atoms with Crippen LogP contribution in [0.15, 0.2) is 36.4 Å². The SMILES string of the molecule is N[C@H]1CCc2cc(OCc3ccc(Cl)cc3F)ccc21. The van der Waals surface area contributed by atoms with E-state index in [2.05, 4.69) is 0 Å². The molecule has 3 rings (SSSR count). The summed E-state index contributed by atoms with van der Waals surface area (Å²) >= 11 is 5.72. The first-order chi connectivity index (χ1) is 9.63. The number of hydrogen-bond donors (Lipinski definition) is 1. The van der Waals surface area contributed by atoms with Crippen LogP contribution >= 0.6 is 11.6 Å². The van der Waals surface area contributed by atoms with Crippen LogP contribution in [0.5, 0.6) is 5.75 Å². The van der Waals surface area contributed by atoms with Gasteiger partial charge in [0.25, 0.3) is 0 Å². The van der Waals surface area contributed by atoms with Crippen LogP contribution in [-0.2, 0) is 13.0 Å². The Morgan fingerprint density at radius 2 is 2.10 bits per heavy atom. The molecule has 0 unspecified atom stereocenters. The first kappa shape index (κ1) is 13.4. The summed E-state index contributed by atoms with van der Waals surface area (Å²) in [5.74, 6) is 0.396. The van der Waals surface area contributed by atoms with Gasteiger partial charge in [-0.3, -0.25) is 0 Å². The van der Waals surface area contributed by atoms with Crippen LogP contribution in [0.2, 0.25) is 5.02 Å². The molecule has 0 radical (unpaired) electrons. The van der Waals surface area contributed by atoms with E-state index in [1.807, 2.05) is 18.2 Å². The monoisotopic (exact) mass is 291 g/mol. The lowest BCUT2D eigenvalue weighted by atomic mass is 10.1. The fourth-order valence-corrected chi connectivity index (χ4v) is 2.68. The van der Waals surface area contributed by atoms with Crippen molar-refractivity contribution < 1.29 is 9.13 Å². The highest BCUT2D eigenvalue weighted by atomic mass is 35.5. The number of aryl methyl sites for hydroxylation is 1. The van der Waals surface area contributed by atoms with Crippen LogP contribution in [0.25, 0.3) is 0 Å². The predicted molar refractivity (Wildman–Crippen MR) is 77.4 cm³/mol. The Hall–Kier alpha value is -1.58. The number of nitrogens with two attached hydrogens (primary N) is 1. The Bertz CT molecular complexity index is 644. The van der Waals surface area contributed by atoms with Gasteiger partial charge in [-0.1, -0.05) is 23.7 Å². The summed E-state index contributed by atoms with van der Waals surface area (Å²) in [4.78, 5) is 0. The molecule has 0 spiro atoms. The third kappa shape index (κ3) is 2.65. The van der Waals surface area contributed by atoms with Gasteiger partial charge >= 0.3 is 0 Å². The maximum absolute atomic E-state index is 13.6. The molecule has 0 amide bonds. The minimum absolute atomic E-state index is 0.132. The number of halogens is 2. The summed E-state index contributed by atoms with van der Waals surface area (Å²) in [6.07, 6.45) is 1.95. The molecule has 1 atom stereocenters. The van der Waals surface area contributed by atoms with E-state index in [1.165, 1.54) is 17.2 Å². The highest BCUT2D eigenvalue weighted by molar-refractivity contribution is 6.30. The molecule has 2 aromatic rings. The van der Waals surface area contributed by atoms with Crippen molar-refractivity contribution in [1.82, 2.24) is 0 Å². The van der Waals surface area contributed by atoms with Crippen molar-refractivity contribution in [2.45, 2.75) is 25.5 Å². The zero-order valence-corrected chi connectivity index (χ0v) is 11.7. The molecular weight excluding hydrogens is 277 g/mol. The topological polar surface area (TPSA) is 35.2 Å². The normalized spacial score (nSPS) is 17.1. The molecule has 0 bridgehead atoms. The number of benzene rings is 2. The molecule has 104 valence electrons. The molecule has 2 aromatic carbocycles. The molecular formula is C16H15ClFNO. The minimum atomic E-state index is -0.347. The van der Waals surface area contributed by atoms with Crippen LogP contribution in [0.4, 0.5) is 4.39 Å². The highest BCUT2D eigenvalue weighted by Crippen LogP contribution is 2.32. The van der Waals surface area contributed by atoms with E-state index < -0.39 is 0 Å². The van der Waals surface area contributed by atoms with E-state index in [4.69, 9.17) is 22.1 Å². The molecule has 0 fully saturated rings. The van der Waals surface area contributed by atoms with Crippen LogP contribution < -0.4 is 10.5 Å². The number of fused-ring (bicyclic) bond motifs is 1. The van der Waals surface area contributed by atoms with Crippen LogP contribution in [0.3, 0.4) is 0 Å². The van der Waals surface area contributed by atoms with Crippen molar-refractivity contribution in [3.05, 3.63) is 63.9 Å². The van der Waals surface area contributed by atoms with Crippen molar-refractivity contribution in [3.8, 4) is 5.75 Å².